The molecule has 21 heavy (non-hydrogen) atoms. The van der Waals surface area contributed by atoms with Gasteiger partial charge >= 0.3 is 0 Å². The molecule has 0 unspecified atom stereocenters. The average Bonchev–Trinajstić information content (AvgIpc) is 3.00. The molecule has 0 saturated carbocycles. The molecule has 0 atom stereocenters. The van der Waals surface area contributed by atoms with Gasteiger partial charge in [0.05, 0.1) is 0 Å². The Labute approximate surface area is 129 Å². The van der Waals surface area contributed by atoms with Crippen molar-refractivity contribution in [2.75, 3.05) is 20.1 Å². The fourth-order valence-corrected chi connectivity index (χ4v) is 2.75. The number of aromatic nitrogens is 1. The highest BCUT2D eigenvalue weighted by Gasteiger charge is 2.44. The number of rotatable bonds is 2. The van der Waals surface area contributed by atoms with Crippen molar-refractivity contribution in [3.8, 4) is 11.5 Å². The summed E-state index contributed by atoms with van der Waals surface area (Å²) >= 11 is 5.89. The molecule has 1 saturated heterocycles. The minimum absolute atomic E-state index is 0.541. The maximum absolute atomic E-state index is 7.60. The highest BCUT2D eigenvalue weighted by atomic mass is 35.5. The van der Waals surface area contributed by atoms with Gasteiger partial charge in [-0.15, -0.1) is 0 Å². The highest BCUT2D eigenvalue weighted by Crippen LogP contribution is 2.37. The van der Waals surface area contributed by atoms with Crippen molar-refractivity contribution in [3.63, 3.8) is 0 Å². The van der Waals surface area contributed by atoms with E-state index >= 15 is 0 Å². The Hall–Kier alpha value is -1.83. The molecule has 1 aromatic heterocycles. The van der Waals surface area contributed by atoms with Crippen molar-refractivity contribution in [2.24, 2.45) is 0 Å². The molecule has 0 N–H and O–H groups in total. The van der Waals surface area contributed by atoms with Crippen LogP contribution in [0.2, 0.25) is 5.02 Å². The van der Waals surface area contributed by atoms with Gasteiger partial charge in [0, 0.05) is 36.5 Å². The van der Waals surface area contributed by atoms with Crippen LogP contribution < -0.4 is 0 Å². The van der Waals surface area contributed by atoms with E-state index < -0.39 is 5.54 Å². The minimum atomic E-state index is -0.541. The van der Waals surface area contributed by atoms with Gasteiger partial charge in [0.2, 0.25) is 5.89 Å². The molecule has 0 radical (unpaired) electrons. The van der Waals surface area contributed by atoms with E-state index in [-0.39, 0.29) is 0 Å². The van der Waals surface area contributed by atoms with Crippen LogP contribution in [0, 0.1) is 6.57 Å². The standard InChI is InChI=1S/C16H16ClN3O/c1-18-16(7-9-20(2)10-8-16)14-11-21-15(19-14)12-3-5-13(17)6-4-12/h3-6,11H,7-10H2,2H3. The van der Waals surface area contributed by atoms with Crippen LogP contribution in [0.1, 0.15) is 18.5 Å². The maximum Gasteiger partial charge on any atom is 0.279 e. The van der Waals surface area contributed by atoms with Gasteiger partial charge in [-0.05, 0) is 31.3 Å². The maximum atomic E-state index is 7.60. The predicted molar refractivity (Wildman–Crippen MR) is 82.0 cm³/mol. The smallest absolute Gasteiger partial charge is 0.279 e. The van der Waals surface area contributed by atoms with Crippen LogP contribution in [-0.4, -0.2) is 30.0 Å². The van der Waals surface area contributed by atoms with Crippen LogP contribution in [0.4, 0.5) is 0 Å². The topological polar surface area (TPSA) is 33.6 Å². The fraction of sp³-hybridized carbons (Fsp3) is 0.375. The molecule has 2 aromatic rings. The Bertz CT molecular complexity index is 664. The number of hydrogen-bond donors (Lipinski definition) is 0. The monoisotopic (exact) mass is 301 g/mol. The average molecular weight is 302 g/mol. The van der Waals surface area contributed by atoms with E-state index in [1.165, 1.54) is 0 Å². The summed E-state index contributed by atoms with van der Waals surface area (Å²) in [5.41, 5.74) is 1.08. The number of piperidine rings is 1. The summed E-state index contributed by atoms with van der Waals surface area (Å²) in [5.74, 6) is 0.545. The third-order valence-electron chi connectivity index (χ3n) is 4.10. The summed E-state index contributed by atoms with van der Waals surface area (Å²) in [6.07, 6.45) is 3.21. The first-order valence-electron chi connectivity index (χ1n) is 6.92. The molecule has 1 fully saturated rings. The Kier molecular flexibility index (Phi) is 3.71. The lowest BCUT2D eigenvalue weighted by atomic mass is 9.86. The highest BCUT2D eigenvalue weighted by molar-refractivity contribution is 6.30. The summed E-state index contributed by atoms with van der Waals surface area (Å²) in [6.45, 7) is 9.41. The summed E-state index contributed by atoms with van der Waals surface area (Å²) in [5, 5.41) is 0.679. The third-order valence-corrected chi connectivity index (χ3v) is 4.35. The zero-order chi connectivity index (χ0) is 14.9. The number of likely N-dealkylation sites (tertiary alicyclic amines) is 1. The lowest BCUT2D eigenvalue weighted by Crippen LogP contribution is -2.39. The summed E-state index contributed by atoms with van der Waals surface area (Å²) < 4.78 is 5.59. The molecule has 1 aliphatic rings. The molecule has 108 valence electrons. The molecule has 1 aliphatic heterocycles. The van der Waals surface area contributed by atoms with E-state index in [0.717, 1.165) is 37.2 Å². The van der Waals surface area contributed by atoms with Gasteiger partial charge < -0.3 is 14.2 Å². The first-order chi connectivity index (χ1) is 10.1. The molecule has 1 aromatic carbocycles. The SMILES string of the molecule is [C-]#[N+]C1(c2coc(-c3ccc(Cl)cc3)n2)CCN(C)CC1. The largest absolute Gasteiger partial charge is 0.444 e. The number of oxazole rings is 1. The van der Waals surface area contributed by atoms with E-state index in [9.17, 15) is 0 Å². The van der Waals surface area contributed by atoms with Crippen molar-refractivity contribution in [1.82, 2.24) is 9.88 Å². The summed E-state index contributed by atoms with van der Waals surface area (Å²) in [4.78, 5) is 10.7. The predicted octanol–water partition coefficient (Wildman–Crippen LogP) is 3.84. The minimum Gasteiger partial charge on any atom is -0.444 e. The molecule has 3 rings (SSSR count). The first kappa shape index (κ1) is 14.1. The second kappa shape index (κ2) is 5.51. The Morgan fingerprint density at radius 1 is 1.29 bits per heavy atom. The molecule has 0 amide bonds. The van der Waals surface area contributed by atoms with E-state index in [1.807, 2.05) is 12.1 Å². The lowest BCUT2D eigenvalue weighted by molar-refractivity contribution is 0.213. The Morgan fingerprint density at radius 2 is 1.95 bits per heavy atom. The second-order valence-electron chi connectivity index (χ2n) is 5.49. The number of hydrogen-bond acceptors (Lipinski definition) is 3. The van der Waals surface area contributed by atoms with Crippen molar-refractivity contribution in [3.05, 3.63) is 52.7 Å². The van der Waals surface area contributed by atoms with Gasteiger partial charge in [-0.3, -0.25) is 0 Å². The second-order valence-corrected chi connectivity index (χ2v) is 5.93. The summed E-state index contributed by atoms with van der Waals surface area (Å²) in [6, 6.07) is 7.36. The normalized spacial score (nSPS) is 18.3. The molecule has 4 nitrogen and oxygen atoms in total. The van der Waals surface area contributed by atoms with Gasteiger partial charge in [-0.25, -0.2) is 11.6 Å². The van der Waals surface area contributed by atoms with Crippen LogP contribution in [-0.2, 0) is 5.54 Å². The lowest BCUT2D eigenvalue weighted by Gasteiger charge is -2.30. The van der Waals surface area contributed by atoms with Gasteiger partial charge in [-0.1, -0.05) is 11.6 Å². The molecule has 5 heteroatoms. The van der Waals surface area contributed by atoms with Crippen LogP contribution in [0.25, 0.3) is 16.3 Å². The third kappa shape index (κ3) is 2.67. The fourth-order valence-electron chi connectivity index (χ4n) is 2.63. The number of halogens is 1. The molecule has 2 heterocycles. The van der Waals surface area contributed by atoms with Crippen molar-refractivity contribution < 1.29 is 4.42 Å². The Balaban J connectivity index is 1.90. The molecular weight excluding hydrogens is 286 g/mol. The van der Waals surface area contributed by atoms with Crippen LogP contribution in [0.5, 0.6) is 0 Å². The zero-order valence-electron chi connectivity index (χ0n) is 11.8. The van der Waals surface area contributed by atoms with E-state index in [1.54, 1.807) is 18.4 Å². The van der Waals surface area contributed by atoms with Crippen molar-refractivity contribution in [1.29, 1.82) is 0 Å². The quantitative estimate of drug-likeness (QED) is 0.790. The van der Waals surface area contributed by atoms with Crippen molar-refractivity contribution >= 4 is 11.6 Å². The van der Waals surface area contributed by atoms with Crippen LogP contribution >= 0.6 is 11.6 Å². The first-order valence-corrected chi connectivity index (χ1v) is 7.30. The number of nitrogens with zero attached hydrogens (tertiary/aromatic N) is 3. The van der Waals surface area contributed by atoms with E-state index in [2.05, 4.69) is 21.8 Å². The Morgan fingerprint density at radius 3 is 2.57 bits per heavy atom. The van der Waals surface area contributed by atoms with Gasteiger partial charge in [0.15, 0.2) is 5.69 Å². The molecule has 0 aliphatic carbocycles. The summed E-state index contributed by atoms with van der Waals surface area (Å²) in [7, 11) is 2.08. The van der Waals surface area contributed by atoms with Crippen LogP contribution in [0.3, 0.4) is 0 Å². The number of benzene rings is 1. The molecular formula is C16H16ClN3O. The van der Waals surface area contributed by atoms with Crippen molar-refractivity contribution in [2.45, 2.75) is 18.4 Å². The van der Waals surface area contributed by atoms with E-state index in [4.69, 9.17) is 22.6 Å². The van der Waals surface area contributed by atoms with Gasteiger partial charge in [0.1, 0.15) is 6.26 Å². The zero-order valence-corrected chi connectivity index (χ0v) is 12.6. The molecule has 0 bridgehead atoms. The van der Waals surface area contributed by atoms with E-state index in [0.29, 0.717) is 10.9 Å². The molecule has 0 spiro atoms. The van der Waals surface area contributed by atoms with Gasteiger partial charge in [0.25, 0.3) is 5.54 Å². The van der Waals surface area contributed by atoms with Gasteiger partial charge in [-0.2, -0.15) is 0 Å². The van der Waals surface area contributed by atoms with Crippen LogP contribution in [0.15, 0.2) is 34.9 Å².